The van der Waals surface area contributed by atoms with Crippen LogP contribution >= 0.6 is 0 Å². The van der Waals surface area contributed by atoms with E-state index in [0.717, 1.165) is 21.6 Å². The molecule has 3 rings (SSSR count). The number of aliphatic hydroxyl groups excluding tert-OH is 1. The van der Waals surface area contributed by atoms with Gasteiger partial charge in [0.2, 0.25) is 0 Å². The average molecular weight is 226 g/mol. The van der Waals surface area contributed by atoms with Crippen molar-refractivity contribution in [2.75, 3.05) is 0 Å². The van der Waals surface area contributed by atoms with Gasteiger partial charge in [-0.3, -0.25) is 0 Å². The first-order valence-electron chi connectivity index (χ1n) is 5.82. The molecule has 0 aliphatic heterocycles. The minimum Gasteiger partial charge on any atom is -0.507 e. The topological polar surface area (TPSA) is 40.5 Å². The summed E-state index contributed by atoms with van der Waals surface area (Å²) < 4.78 is 0. The van der Waals surface area contributed by atoms with Gasteiger partial charge >= 0.3 is 0 Å². The molecular weight excluding hydrogens is 212 g/mol. The van der Waals surface area contributed by atoms with Gasteiger partial charge < -0.3 is 10.2 Å². The summed E-state index contributed by atoms with van der Waals surface area (Å²) in [6.07, 6.45) is 5.91. The van der Waals surface area contributed by atoms with E-state index >= 15 is 0 Å². The molecule has 2 nitrogen and oxygen atoms in total. The van der Waals surface area contributed by atoms with Gasteiger partial charge in [0, 0.05) is 5.57 Å². The summed E-state index contributed by atoms with van der Waals surface area (Å²) in [5.74, 6) is 0.174. The highest BCUT2D eigenvalue weighted by atomic mass is 16.3. The van der Waals surface area contributed by atoms with Crippen molar-refractivity contribution < 1.29 is 10.2 Å². The quantitative estimate of drug-likeness (QED) is 0.754. The van der Waals surface area contributed by atoms with E-state index in [9.17, 15) is 10.2 Å². The summed E-state index contributed by atoms with van der Waals surface area (Å²) in [5.41, 5.74) is 0.718. The van der Waals surface area contributed by atoms with Crippen LogP contribution in [0.2, 0.25) is 0 Å². The Morgan fingerprint density at radius 2 is 1.94 bits per heavy atom. The Labute approximate surface area is 99.5 Å². The van der Waals surface area contributed by atoms with Crippen LogP contribution < -0.4 is 10.4 Å². The van der Waals surface area contributed by atoms with Gasteiger partial charge in [0.15, 0.2) is 0 Å². The van der Waals surface area contributed by atoms with Gasteiger partial charge in [0.1, 0.15) is 11.4 Å². The molecule has 0 fully saturated rings. The second kappa shape index (κ2) is 3.34. The maximum absolute atomic E-state index is 10.2. The first kappa shape index (κ1) is 10.4. The van der Waals surface area contributed by atoms with Crippen LogP contribution in [-0.4, -0.2) is 15.8 Å². The third-order valence-electron chi connectivity index (χ3n) is 3.44. The first-order valence-corrected chi connectivity index (χ1v) is 5.82. The largest absolute Gasteiger partial charge is 0.507 e. The molecular formula is C15H14O2. The maximum atomic E-state index is 10.2. The summed E-state index contributed by atoms with van der Waals surface area (Å²) in [5, 5.41) is 22.5. The van der Waals surface area contributed by atoms with Crippen LogP contribution in [0.4, 0.5) is 0 Å². The molecule has 2 N–H and O–H groups in total. The summed E-state index contributed by atoms with van der Waals surface area (Å²) in [6, 6.07) is 7.93. The van der Waals surface area contributed by atoms with Crippen molar-refractivity contribution in [1.29, 1.82) is 0 Å². The SMILES string of the molecule is CCC1(O)C=C(O)C2=c3ccccc3=CC2=C1. The minimum atomic E-state index is -1.03. The minimum absolute atomic E-state index is 0.174. The number of hydrogen-bond donors (Lipinski definition) is 2. The highest BCUT2D eigenvalue weighted by molar-refractivity contribution is 5.90. The normalized spacial score (nSPS) is 25.6. The Morgan fingerprint density at radius 1 is 1.18 bits per heavy atom. The van der Waals surface area contributed by atoms with Gasteiger partial charge in [0.05, 0.1) is 0 Å². The Hall–Kier alpha value is -1.80. The van der Waals surface area contributed by atoms with E-state index in [1.807, 2.05) is 43.3 Å². The number of rotatable bonds is 1. The summed E-state index contributed by atoms with van der Waals surface area (Å²) in [7, 11) is 0. The lowest BCUT2D eigenvalue weighted by Gasteiger charge is -2.25. The molecule has 1 aromatic rings. The maximum Gasteiger partial charge on any atom is 0.123 e. The smallest absolute Gasteiger partial charge is 0.123 e. The zero-order valence-corrected chi connectivity index (χ0v) is 9.64. The van der Waals surface area contributed by atoms with Gasteiger partial charge in [-0.15, -0.1) is 0 Å². The number of allylic oxidation sites excluding steroid dienone is 1. The van der Waals surface area contributed by atoms with E-state index in [1.165, 1.54) is 6.08 Å². The predicted molar refractivity (Wildman–Crippen MR) is 67.6 cm³/mol. The van der Waals surface area contributed by atoms with Gasteiger partial charge in [-0.2, -0.15) is 0 Å². The van der Waals surface area contributed by atoms with Crippen molar-refractivity contribution in [3.05, 3.63) is 58.2 Å². The summed E-state index contributed by atoms with van der Waals surface area (Å²) in [6.45, 7) is 1.90. The molecule has 1 unspecified atom stereocenters. The van der Waals surface area contributed by atoms with Crippen molar-refractivity contribution in [1.82, 2.24) is 0 Å². The highest BCUT2D eigenvalue weighted by Gasteiger charge is 2.29. The van der Waals surface area contributed by atoms with E-state index in [-0.39, 0.29) is 5.76 Å². The van der Waals surface area contributed by atoms with Gasteiger partial charge in [-0.05, 0) is 40.7 Å². The van der Waals surface area contributed by atoms with E-state index in [4.69, 9.17) is 0 Å². The van der Waals surface area contributed by atoms with Gasteiger partial charge in [-0.25, -0.2) is 0 Å². The Morgan fingerprint density at radius 3 is 2.71 bits per heavy atom. The summed E-state index contributed by atoms with van der Waals surface area (Å²) >= 11 is 0. The number of fused-ring (bicyclic) bond motifs is 2. The third kappa shape index (κ3) is 1.45. The van der Waals surface area contributed by atoms with E-state index in [0.29, 0.717) is 6.42 Å². The van der Waals surface area contributed by atoms with E-state index < -0.39 is 5.60 Å². The molecule has 0 spiro atoms. The fraction of sp³-hybridized carbons (Fsp3) is 0.200. The van der Waals surface area contributed by atoms with Gasteiger partial charge in [0.25, 0.3) is 0 Å². The molecule has 0 amide bonds. The molecule has 0 radical (unpaired) electrons. The van der Waals surface area contributed by atoms with Crippen LogP contribution in [0.15, 0.2) is 47.7 Å². The average Bonchev–Trinajstić information content (AvgIpc) is 2.66. The number of hydrogen-bond acceptors (Lipinski definition) is 2. The van der Waals surface area contributed by atoms with E-state index in [1.54, 1.807) is 0 Å². The van der Waals surface area contributed by atoms with Crippen LogP contribution in [0.1, 0.15) is 13.3 Å². The van der Waals surface area contributed by atoms with Crippen molar-refractivity contribution in [2.45, 2.75) is 18.9 Å². The van der Waals surface area contributed by atoms with Crippen molar-refractivity contribution in [3.63, 3.8) is 0 Å². The molecule has 2 aliphatic carbocycles. The molecule has 2 aliphatic rings. The fourth-order valence-corrected chi connectivity index (χ4v) is 2.47. The molecule has 17 heavy (non-hydrogen) atoms. The van der Waals surface area contributed by atoms with Crippen LogP contribution in [-0.2, 0) is 0 Å². The van der Waals surface area contributed by atoms with Crippen LogP contribution in [0.5, 0.6) is 0 Å². The molecule has 0 saturated carbocycles. The third-order valence-corrected chi connectivity index (χ3v) is 3.44. The Kier molecular flexibility index (Phi) is 2.04. The second-order valence-corrected chi connectivity index (χ2v) is 4.58. The zero-order valence-electron chi connectivity index (χ0n) is 9.64. The highest BCUT2D eigenvalue weighted by Crippen LogP contribution is 2.32. The Balaban J connectivity index is 2.34. The molecule has 0 aromatic heterocycles. The van der Waals surface area contributed by atoms with Crippen LogP contribution in [0, 0.1) is 0 Å². The molecule has 1 atom stereocenters. The van der Waals surface area contributed by atoms with Crippen LogP contribution in [0.25, 0.3) is 11.6 Å². The number of benzene rings is 1. The first-order chi connectivity index (χ1) is 8.13. The lowest BCUT2D eigenvalue weighted by molar-refractivity contribution is 0.133. The fourth-order valence-electron chi connectivity index (χ4n) is 2.47. The van der Waals surface area contributed by atoms with Gasteiger partial charge in [-0.1, -0.05) is 31.2 Å². The van der Waals surface area contributed by atoms with Crippen LogP contribution in [0.3, 0.4) is 0 Å². The molecule has 0 bridgehead atoms. The molecule has 1 aromatic carbocycles. The summed E-state index contributed by atoms with van der Waals surface area (Å²) in [4.78, 5) is 0. The standard InChI is InChI=1S/C15H14O2/c1-2-15(17)8-11-7-10-5-3-4-6-12(10)14(11)13(16)9-15/h3-9,16-17H,2H2,1H3. The number of aliphatic hydroxyl groups is 2. The predicted octanol–water partition coefficient (Wildman–Crippen LogP) is 1.15. The molecule has 86 valence electrons. The zero-order chi connectivity index (χ0) is 12.0. The van der Waals surface area contributed by atoms with Crippen molar-refractivity contribution in [2.24, 2.45) is 0 Å². The Bertz CT molecular complexity index is 664. The molecule has 0 saturated heterocycles. The monoisotopic (exact) mass is 226 g/mol. The lowest BCUT2D eigenvalue weighted by Crippen LogP contribution is -2.27. The molecule has 2 heteroatoms. The van der Waals surface area contributed by atoms with Crippen molar-refractivity contribution in [3.8, 4) is 0 Å². The second-order valence-electron chi connectivity index (χ2n) is 4.58. The lowest BCUT2D eigenvalue weighted by atomic mass is 9.87. The van der Waals surface area contributed by atoms with Crippen molar-refractivity contribution >= 4 is 11.6 Å². The molecule has 0 heterocycles. The van der Waals surface area contributed by atoms with E-state index in [2.05, 4.69) is 0 Å².